The Balaban J connectivity index is 1.48. The third kappa shape index (κ3) is 3.75. The second kappa shape index (κ2) is 8.05. The number of hydrogen-bond donors (Lipinski definition) is 0. The van der Waals surface area contributed by atoms with E-state index in [2.05, 4.69) is 25.3 Å². The molecule has 1 amide bonds. The van der Waals surface area contributed by atoms with Crippen LogP contribution in [0, 0.1) is 5.92 Å². The van der Waals surface area contributed by atoms with E-state index in [0.29, 0.717) is 18.9 Å². The molecule has 9 heteroatoms. The normalized spacial score (nSPS) is 15.8. The van der Waals surface area contributed by atoms with Crippen molar-refractivity contribution < 1.29 is 4.79 Å². The summed E-state index contributed by atoms with van der Waals surface area (Å²) in [6.07, 6.45) is 1.81. The lowest BCUT2D eigenvalue weighted by Gasteiger charge is -2.36. The lowest BCUT2D eigenvalue weighted by atomic mass is 10.0. The Bertz CT molecular complexity index is 902. The van der Waals surface area contributed by atoms with Crippen molar-refractivity contribution in [2.24, 2.45) is 5.92 Å². The van der Waals surface area contributed by atoms with Crippen LogP contribution in [0.2, 0.25) is 0 Å². The molecule has 1 unspecified atom stereocenters. The molecule has 3 aromatic rings. The number of benzene rings is 1. The van der Waals surface area contributed by atoms with Gasteiger partial charge < -0.3 is 9.80 Å². The van der Waals surface area contributed by atoms with Gasteiger partial charge in [-0.1, -0.05) is 44.2 Å². The van der Waals surface area contributed by atoms with Gasteiger partial charge in [-0.05, 0) is 11.1 Å². The second-order valence-electron chi connectivity index (χ2n) is 7.12. The monoisotopic (exact) mass is 397 g/mol. The Morgan fingerprint density at radius 1 is 1.11 bits per heavy atom. The Kier molecular flexibility index (Phi) is 5.34. The van der Waals surface area contributed by atoms with E-state index in [1.54, 1.807) is 11.3 Å². The highest BCUT2D eigenvalue weighted by Crippen LogP contribution is 2.23. The standard InChI is InChI=1S/C19H23N7OS/c1-14(2)16(26-22-17(21-23-26)15-6-4-3-5-7-15)18(27)24-9-11-25(12-10-24)19-20-8-13-28-19/h3-8,13-14,16H,9-12H2,1-2H3. The smallest absolute Gasteiger partial charge is 0.249 e. The maximum Gasteiger partial charge on any atom is 0.249 e. The van der Waals surface area contributed by atoms with Gasteiger partial charge in [-0.15, -0.1) is 21.5 Å². The van der Waals surface area contributed by atoms with Crippen LogP contribution in [0.4, 0.5) is 5.13 Å². The number of carbonyl (C=O) groups is 1. The van der Waals surface area contributed by atoms with E-state index in [9.17, 15) is 4.79 Å². The summed E-state index contributed by atoms with van der Waals surface area (Å²) in [5.74, 6) is 0.640. The highest BCUT2D eigenvalue weighted by atomic mass is 32.1. The first-order chi connectivity index (χ1) is 13.6. The van der Waals surface area contributed by atoms with Gasteiger partial charge in [-0.2, -0.15) is 4.80 Å². The molecule has 1 saturated heterocycles. The zero-order chi connectivity index (χ0) is 19.5. The zero-order valence-electron chi connectivity index (χ0n) is 16.0. The number of piperazine rings is 1. The summed E-state index contributed by atoms with van der Waals surface area (Å²) < 4.78 is 0. The molecule has 28 heavy (non-hydrogen) atoms. The van der Waals surface area contributed by atoms with Gasteiger partial charge in [-0.3, -0.25) is 4.79 Å². The number of amides is 1. The fraction of sp³-hybridized carbons (Fsp3) is 0.421. The van der Waals surface area contributed by atoms with Crippen LogP contribution in [0.5, 0.6) is 0 Å². The van der Waals surface area contributed by atoms with E-state index >= 15 is 0 Å². The molecule has 8 nitrogen and oxygen atoms in total. The number of rotatable bonds is 5. The topological polar surface area (TPSA) is 80.0 Å². The van der Waals surface area contributed by atoms with Crippen LogP contribution < -0.4 is 4.90 Å². The van der Waals surface area contributed by atoms with Crippen LogP contribution in [0.3, 0.4) is 0 Å². The van der Waals surface area contributed by atoms with E-state index in [1.165, 1.54) is 4.80 Å². The predicted octanol–water partition coefficient (Wildman–Crippen LogP) is 2.34. The fourth-order valence-corrected chi connectivity index (χ4v) is 4.07. The number of tetrazole rings is 1. The predicted molar refractivity (Wildman–Crippen MR) is 108 cm³/mol. The fourth-order valence-electron chi connectivity index (χ4n) is 3.37. The largest absolute Gasteiger partial charge is 0.345 e. The van der Waals surface area contributed by atoms with Crippen molar-refractivity contribution >= 4 is 22.4 Å². The van der Waals surface area contributed by atoms with Crippen molar-refractivity contribution in [3.8, 4) is 11.4 Å². The van der Waals surface area contributed by atoms with Crippen molar-refractivity contribution in [3.63, 3.8) is 0 Å². The minimum Gasteiger partial charge on any atom is -0.345 e. The van der Waals surface area contributed by atoms with Gasteiger partial charge in [-0.25, -0.2) is 4.98 Å². The molecule has 146 valence electrons. The summed E-state index contributed by atoms with van der Waals surface area (Å²) in [5.41, 5.74) is 0.890. The molecule has 0 spiro atoms. The van der Waals surface area contributed by atoms with Crippen molar-refractivity contribution in [1.29, 1.82) is 0 Å². The first kappa shape index (κ1) is 18.5. The van der Waals surface area contributed by atoms with Crippen LogP contribution in [-0.4, -0.2) is 62.2 Å². The SMILES string of the molecule is CC(C)C(C(=O)N1CCN(c2nccs2)CC1)n1nnc(-c2ccccc2)n1. The zero-order valence-corrected chi connectivity index (χ0v) is 16.8. The minimum absolute atomic E-state index is 0.0470. The molecule has 2 aromatic heterocycles. The van der Waals surface area contributed by atoms with Gasteiger partial charge in [0.15, 0.2) is 11.2 Å². The summed E-state index contributed by atoms with van der Waals surface area (Å²) in [6, 6.07) is 9.22. The average molecular weight is 398 g/mol. The highest BCUT2D eigenvalue weighted by Gasteiger charge is 2.33. The summed E-state index contributed by atoms with van der Waals surface area (Å²) in [6.45, 7) is 6.93. The van der Waals surface area contributed by atoms with Gasteiger partial charge >= 0.3 is 0 Å². The molecular weight excluding hydrogens is 374 g/mol. The van der Waals surface area contributed by atoms with Crippen molar-refractivity contribution in [2.45, 2.75) is 19.9 Å². The van der Waals surface area contributed by atoms with Gasteiger partial charge in [0.1, 0.15) is 0 Å². The van der Waals surface area contributed by atoms with Gasteiger partial charge in [0, 0.05) is 43.3 Å². The molecule has 4 rings (SSSR count). The molecule has 0 aliphatic carbocycles. The van der Waals surface area contributed by atoms with E-state index in [0.717, 1.165) is 23.8 Å². The molecule has 1 aliphatic rings. The first-order valence-corrected chi connectivity index (χ1v) is 10.3. The Morgan fingerprint density at radius 3 is 2.50 bits per heavy atom. The molecule has 0 N–H and O–H groups in total. The van der Waals surface area contributed by atoms with Crippen LogP contribution in [0.1, 0.15) is 19.9 Å². The second-order valence-corrected chi connectivity index (χ2v) is 7.99. The molecule has 1 atom stereocenters. The number of carbonyl (C=O) groups excluding carboxylic acids is 1. The lowest BCUT2D eigenvalue weighted by molar-refractivity contribution is -0.137. The van der Waals surface area contributed by atoms with Gasteiger partial charge in [0.2, 0.25) is 11.7 Å². The van der Waals surface area contributed by atoms with Gasteiger partial charge in [0.05, 0.1) is 0 Å². The maximum absolute atomic E-state index is 13.2. The van der Waals surface area contributed by atoms with E-state index in [1.807, 2.05) is 60.7 Å². The number of aromatic nitrogens is 5. The van der Waals surface area contributed by atoms with Crippen molar-refractivity contribution in [1.82, 2.24) is 30.1 Å². The Morgan fingerprint density at radius 2 is 1.86 bits per heavy atom. The number of anilines is 1. The lowest BCUT2D eigenvalue weighted by Crippen LogP contribution is -2.51. The highest BCUT2D eigenvalue weighted by molar-refractivity contribution is 7.13. The number of hydrogen-bond acceptors (Lipinski definition) is 7. The number of thiazole rings is 1. The van der Waals surface area contributed by atoms with Crippen LogP contribution >= 0.6 is 11.3 Å². The van der Waals surface area contributed by atoms with E-state index in [-0.39, 0.29) is 11.8 Å². The number of nitrogens with zero attached hydrogens (tertiary/aromatic N) is 7. The molecule has 1 aromatic carbocycles. The third-order valence-corrected chi connectivity index (χ3v) is 5.71. The Labute approximate surface area is 167 Å². The van der Waals surface area contributed by atoms with Crippen LogP contribution in [-0.2, 0) is 4.79 Å². The van der Waals surface area contributed by atoms with Crippen LogP contribution in [0.15, 0.2) is 41.9 Å². The molecule has 0 radical (unpaired) electrons. The molecule has 0 saturated carbocycles. The van der Waals surface area contributed by atoms with E-state index in [4.69, 9.17) is 0 Å². The summed E-state index contributed by atoms with van der Waals surface area (Å²) in [7, 11) is 0. The molecule has 1 fully saturated rings. The van der Waals surface area contributed by atoms with Gasteiger partial charge in [0.25, 0.3) is 0 Å². The Hall–Kier alpha value is -2.81. The summed E-state index contributed by atoms with van der Waals surface area (Å²) in [5, 5.41) is 15.8. The van der Waals surface area contributed by atoms with Crippen molar-refractivity contribution in [3.05, 3.63) is 41.9 Å². The third-order valence-electron chi connectivity index (χ3n) is 4.87. The molecule has 3 heterocycles. The quantitative estimate of drug-likeness (QED) is 0.657. The van der Waals surface area contributed by atoms with Crippen molar-refractivity contribution in [2.75, 3.05) is 31.1 Å². The molecular formula is C19H23N7OS. The molecule has 1 aliphatic heterocycles. The summed E-state index contributed by atoms with van der Waals surface area (Å²) in [4.78, 5) is 23.2. The summed E-state index contributed by atoms with van der Waals surface area (Å²) >= 11 is 1.63. The minimum atomic E-state index is -0.462. The van der Waals surface area contributed by atoms with E-state index < -0.39 is 6.04 Å². The molecule has 0 bridgehead atoms. The average Bonchev–Trinajstić information content (AvgIpc) is 3.41. The first-order valence-electron chi connectivity index (χ1n) is 9.41. The maximum atomic E-state index is 13.2. The van der Waals surface area contributed by atoms with Crippen LogP contribution in [0.25, 0.3) is 11.4 Å².